The van der Waals surface area contributed by atoms with Gasteiger partial charge in [0.05, 0.1) is 17.3 Å². The van der Waals surface area contributed by atoms with Gasteiger partial charge in [-0.2, -0.15) is 0 Å². The van der Waals surface area contributed by atoms with Gasteiger partial charge in [0.25, 0.3) is 5.91 Å². The van der Waals surface area contributed by atoms with Gasteiger partial charge in [0.2, 0.25) is 0 Å². The number of carbonyl (C=O) groups is 2. The Balaban J connectivity index is 1.34. The number of amides is 3. The minimum absolute atomic E-state index is 0.0274. The van der Waals surface area contributed by atoms with E-state index in [2.05, 4.69) is 38.5 Å². The first-order valence-corrected chi connectivity index (χ1v) is 13.6. The van der Waals surface area contributed by atoms with Crippen LogP contribution in [0.15, 0.2) is 60.7 Å². The minimum Gasteiger partial charge on any atom is -0.342 e. The van der Waals surface area contributed by atoms with Crippen LogP contribution in [0.1, 0.15) is 29.2 Å². The predicted octanol–water partition coefficient (Wildman–Crippen LogP) is 5.74. The van der Waals surface area contributed by atoms with Crippen molar-refractivity contribution in [3.8, 4) is 0 Å². The second kappa shape index (κ2) is 11.6. The molecule has 4 rings (SSSR count). The molecule has 1 saturated heterocycles. The van der Waals surface area contributed by atoms with E-state index in [0.29, 0.717) is 16.3 Å². The number of guanidine groups is 1. The maximum absolute atomic E-state index is 13.6. The highest BCUT2D eigenvalue weighted by Gasteiger charge is 2.45. The van der Waals surface area contributed by atoms with E-state index in [9.17, 15) is 18.4 Å². The summed E-state index contributed by atoms with van der Waals surface area (Å²) in [6, 6.07) is 15.5. The molecule has 198 valence electrons. The Bertz CT molecular complexity index is 1370. The number of benzene rings is 3. The van der Waals surface area contributed by atoms with Crippen LogP contribution < -0.4 is 16.0 Å². The second-order valence-electron chi connectivity index (χ2n) is 9.19. The van der Waals surface area contributed by atoms with E-state index in [1.807, 2.05) is 36.4 Å². The standard InChI is InChI=1S/C27H25ClF2IN5O2/c1-27(12-18-9-20(29)11-21(30)10-18)24(37)36(25(32)35-27)15-17-7-5-16(6-8-17)14-33-26(38)34-22-4-2-3-19(13-31)23(22)28/h2-11H,12-15H2,1H3,(H2,32,35)(H2,33,34,38)/t27-/m1/s1. The number of hydrogen-bond donors (Lipinski definition) is 4. The van der Waals surface area contributed by atoms with Crippen molar-refractivity contribution in [2.45, 2.75) is 36.4 Å². The zero-order valence-electron chi connectivity index (χ0n) is 20.4. The third-order valence-corrected chi connectivity index (χ3v) is 7.42. The van der Waals surface area contributed by atoms with E-state index >= 15 is 0 Å². The molecule has 0 aliphatic carbocycles. The van der Waals surface area contributed by atoms with Crippen LogP contribution in [-0.2, 0) is 28.7 Å². The molecular formula is C27H25ClF2IN5O2. The summed E-state index contributed by atoms with van der Waals surface area (Å²) in [6.45, 7) is 2.04. The van der Waals surface area contributed by atoms with Gasteiger partial charge in [-0.25, -0.2) is 13.6 Å². The third-order valence-electron chi connectivity index (χ3n) is 6.15. The first-order chi connectivity index (χ1) is 18.1. The summed E-state index contributed by atoms with van der Waals surface area (Å²) in [4.78, 5) is 26.8. The number of alkyl halides is 1. The van der Waals surface area contributed by atoms with Crippen molar-refractivity contribution in [1.29, 1.82) is 5.41 Å². The van der Waals surface area contributed by atoms with Crippen LogP contribution in [0.2, 0.25) is 5.02 Å². The fourth-order valence-electron chi connectivity index (χ4n) is 4.25. The highest BCUT2D eigenvalue weighted by molar-refractivity contribution is 14.1. The number of hydrogen-bond acceptors (Lipinski definition) is 3. The highest BCUT2D eigenvalue weighted by atomic mass is 127. The quantitative estimate of drug-likeness (QED) is 0.185. The Morgan fingerprint density at radius 3 is 2.39 bits per heavy atom. The molecule has 3 aromatic carbocycles. The summed E-state index contributed by atoms with van der Waals surface area (Å²) in [5.41, 5.74) is 2.21. The summed E-state index contributed by atoms with van der Waals surface area (Å²) in [5.74, 6) is -1.88. The van der Waals surface area contributed by atoms with E-state index in [-0.39, 0.29) is 37.4 Å². The number of anilines is 1. The average molecular weight is 652 g/mol. The van der Waals surface area contributed by atoms with Crippen LogP contribution in [-0.4, -0.2) is 28.3 Å². The van der Waals surface area contributed by atoms with Gasteiger partial charge in [0, 0.05) is 23.5 Å². The van der Waals surface area contributed by atoms with Crippen LogP contribution in [0.4, 0.5) is 19.3 Å². The molecule has 4 N–H and O–H groups in total. The van der Waals surface area contributed by atoms with Gasteiger partial charge in [-0.15, -0.1) is 0 Å². The molecule has 0 bridgehead atoms. The number of nitrogens with one attached hydrogen (secondary N) is 4. The molecule has 0 radical (unpaired) electrons. The molecule has 1 aliphatic heterocycles. The van der Waals surface area contributed by atoms with Crippen molar-refractivity contribution < 1.29 is 18.4 Å². The largest absolute Gasteiger partial charge is 0.342 e. The molecule has 38 heavy (non-hydrogen) atoms. The van der Waals surface area contributed by atoms with Crippen LogP contribution in [0.25, 0.3) is 0 Å². The molecule has 1 heterocycles. The van der Waals surface area contributed by atoms with Crippen molar-refractivity contribution >= 4 is 57.8 Å². The van der Waals surface area contributed by atoms with Gasteiger partial charge in [-0.3, -0.25) is 15.1 Å². The second-order valence-corrected chi connectivity index (χ2v) is 10.3. The lowest BCUT2D eigenvalue weighted by molar-refractivity contribution is -0.130. The Morgan fingerprint density at radius 2 is 1.74 bits per heavy atom. The average Bonchev–Trinajstić information content (AvgIpc) is 3.06. The maximum Gasteiger partial charge on any atom is 0.319 e. The van der Waals surface area contributed by atoms with E-state index in [1.165, 1.54) is 17.0 Å². The van der Waals surface area contributed by atoms with Gasteiger partial charge < -0.3 is 16.0 Å². The molecule has 1 fully saturated rings. The summed E-state index contributed by atoms with van der Waals surface area (Å²) in [6.07, 6.45) is 0.0274. The van der Waals surface area contributed by atoms with Crippen molar-refractivity contribution in [1.82, 2.24) is 15.5 Å². The number of urea groups is 1. The third kappa shape index (κ3) is 6.41. The lowest BCUT2D eigenvalue weighted by atomic mass is 9.92. The van der Waals surface area contributed by atoms with Crippen LogP contribution >= 0.6 is 34.2 Å². The smallest absolute Gasteiger partial charge is 0.319 e. The van der Waals surface area contributed by atoms with E-state index in [1.54, 1.807) is 13.0 Å². The first kappa shape index (κ1) is 27.8. The summed E-state index contributed by atoms with van der Waals surface area (Å²) >= 11 is 8.53. The first-order valence-electron chi connectivity index (χ1n) is 11.7. The molecule has 0 unspecified atom stereocenters. The summed E-state index contributed by atoms with van der Waals surface area (Å²) in [5, 5.41) is 17.2. The Kier molecular flexibility index (Phi) is 8.51. The summed E-state index contributed by atoms with van der Waals surface area (Å²) in [7, 11) is 0. The molecule has 3 aromatic rings. The maximum atomic E-state index is 13.6. The monoisotopic (exact) mass is 651 g/mol. The lowest BCUT2D eigenvalue weighted by Crippen LogP contribution is -2.46. The molecule has 1 aliphatic rings. The SMILES string of the molecule is C[C@]1(Cc2cc(F)cc(F)c2)NC(=N)N(Cc2ccc(CNC(=O)Nc3cccc(CI)c3Cl)cc2)C1=O. The Hall–Kier alpha value is -3.25. The van der Waals surface area contributed by atoms with Gasteiger partial charge in [0.1, 0.15) is 17.2 Å². The molecular weight excluding hydrogens is 627 g/mol. The van der Waals surface area contributed by atoms with Gasteiger partial charge >= 0.3 is 6.03 Å². The molecule has 3 amide bonds. The normalized spacial score (nSPS) is 16.9. The van der Waals surface area contributed by atoms with Crippen molar-refractivity contribution in [2.24, 2.45) is 0 Å². The highest BCUT2D eigenvalue weighted by Crippen LogP contribution is 2.28. The lowest BCUT2D eigenvalue weighted by Gasteiger charge is -2.22. The zero-order valence-corrected chi connectivity index (χ0v) is 23.3. The van der Waals surface area contributed by atoms with Crippen LogP contribution in [0, 0.1) is 17.0 Å². The van der Waals surface area contributed by atoms with Crippen LogP contribution in [0.3, 0.4) is 0 Å². The Morgan fingerprint density at radius 1 is 1.08 bits per heavy atom. The van der Waals surface area contributed by atoms with Crippen molar-refractivity contribution in [3.63, 3.8) is 0 Å². The minimum atomic E-state index is -1.20. The van der Waals surface area contributed by atoms with E-state index in [0.717, 1.165) is 27.2 Å². The number of nitrogens with zero attached hydrogens (tertiary/aromatic N) is 1. The van der Waals surface area contributed by atoms with Crippen LogP contribution in [0.5, 0.6) is 0 Å². The topological polar surface area (TPSA) is 97.3 Å². The molecule has 0 spiro atoms. The Labute approximate surface area is 237 Å². The molecule has 11 heteroatoms. The predicted molar refractivity (Wildman–Crippen MR) is 151 cm³/mol. The van der Waals surface area contributed by atoms with Gasteiger partial charge in [-0.05, 0) is 47.4 Å². The zero-order chi connectivity index (χ0) is 27.4. The number of halogens is 4. The number of rotatable bonds is 8. The fourth-order valence-corrected chi connectivity index (χ4v) is 5.35. The number of carbonyl (C=O) groups excluding carboxylic acids is 2. The molecule has 1 atom stereocenters. The summed E-state index contributed by atoms with van der Waals surface area (Å²) < 4.78 is 27.9. The van der Waals surface area contributed by atoms with E-state index in [4.69, 9.17) is 17.0 Å². The van der Waals surface area contributed by atoms with Gasteiger partial charge in [-0.1, -0.05) is 70.6 Å². The molecule has 0 saturated carbocycles. The van der Waals surface area contributed by atoms with Crippen molar-refractivity contribution in [3.05, 3.63) is 99.6 Å². The van der Waals surface area contributed by atoms with Gasteiger partial charge in [0.15, 0.2) is 5.96 Å². The molecule has 0 aromatic heterocycles. The fraction of sp³-hybridized carbons (Fsp3) is 0.222. The van der Waals surface area contributed by atoms with E-state index < -0.39 is 17.2 Å². The van der Waals surface area contributed by atoms with Crippen molar-refractivity contribution in [2.75, 3.05) is 5.32 Å². The molecule has 7 nitrogen and oxygen atoms in total.